The van der Waals surface area contributed by atoms with Crippen LogP contribution in [0.5, 0.6) is 0 Å². The molecule has 0 saturated carbocycles. The van der Waals surface area contributed by atoms with E-state index in [-0.39, 0.29) is 36.6 Å². The number of fused-ring (bicyclic) bond motifs is 1. The Morgan fingerprint density at radius 2 is 1.85 bits per heavy atom. The summed E-state index contributed by atoms with van der Waals surface area (Å²) in [4.78, 5) is 49.2. The molecule has 218 valence electrons. The highest BCUT2D eigenvalue weighted by Crippen LogP contribution is 2.36. The maximum Gasteiger partial charge on any atom is 0.433 e. The third-order valence-electron chi connectivity index (χ3n) is 7.11. The number of rotatable bonds is 6. The molecule has 0 radical (unpaired) electrons. The third-order valence-corrected chi connectivity index (χ3v) is 7.11. The van der Waals surface area contributed by atoms with Crippen LogP contribution in [0.1, 0.15) is 62.8 Å². The number of carboxylic acid groups (broad SMARTS) is 1. The Kier molecular flexibility index (Phi) is 7.67. The van der Waals surface area contributed by atoms with Crippen molar-refractivity contribution in [2.75, 3.05) is 19.6 Å². The van der Waals surface area contributed by atoms with Gasteiger partial charge in [-0.1, -0.05) is 18.2 Å². The Morgan fingerprint density at radius 3 is 2.40 bits per heavy atom. The second-order valence-electron chi connectivity index (χ2n) is 11.2. The molecule has 0 unspecified atom stereocenters. The van der Waals surface area contributed by atoms with Crippen LogP contribution in [0.4, 0.5) is 26.7 Å². The molecule has 9 nitrogen and oxygen atoms in total. The minimum absolute atomic E-state index is 0.0337. The van der Waals surface area contributed by atoms with Crippen LogP contribution in [0.2, 0.25) is 0 Å². The molecule has 1 aliphatic carbocycles. The molecule has 1 fully saturated rings. The molecular weight excluding hydrogens is 541 g/mol. The first-order chi connectivity index (χ1) is 18.5. The molecule has 3 amide bonds. The summed E-state index contributed by atoms with van der Waals surface area (Å²) in [6.45, 7) is 3.03. The third kappa shape index (κ3) is 6.25. The average molecular weight is 572 g/mol. The van der Waals surface area contributed by atoms with Crippen molar-refractivity contribution in [3.8, 4) is 0 Å². The fraction of sp³-hybridized carbons (Fsp3) is 0.577. The summed E-state index contributed by atoms with van der Waals surface area (Å²) in [5.74, 6) is -4.43. The van der Waals surface area contributed by atoms with Crippen LogP contribution in [0.3, 0.4) is 0 Å². The van der Waals surface area contributed by atoms with E-state index in [9.17, 15) is 41.4 Å². The van der Waals surface area contributed by atoms with Gasteiger partial charge < -0.3 is 14.9 Å². The van der Waals surface area contributed by atoms with Gasteiger partial charge in [-0.25, -0.2) is 23.5 Å². The summed E-state index contributed by atoms with van der Waals surface area (Å²) in [6.07, 6.45) is -3.03. The molecule has 0 bridgehead atoms. The van der Waals surface area contributed by atoms with E-state index < -0.39 is 79.6 Å². The zero-order valence-electron chi connectivity index (χ0n) is 22.3. The first-order valence-electron chi connectivity index (χ1n) is 12.8. The van der Waals surface area contributed by atoms with Crippen molar-refractivity contribution in [3.63, 3.8) is 0 Å². The number of nitrogens with zero attached hydrogens (tertiary/aromatic N) is 5. The van der Waals surface area contributed by atoms with Crippen molar-refractivity contribution in [1.82, 2.24) is 24.7 Å². The van der Waals surface area contributed by atoms with Gasteiger partial charge in [-0.3, -0.25) is 14.5 Å². The zero-order chi connectivity index (χ0) is 29.6. The Hall–Kier alpha value is -3.58. The topological polar surface area (TPSA) is 107 Å². The van der Waals surface area contributed by atoms with E-state index in [0.717, 1.165) is 9.80 Å². The molecule has 2 aliphatic heterocycles. The molecule has 3 heterocycles. The van der Waals surface area contributed by atoms with Crippen LogP contribution < -0.4 is 0 Å². The van der Waals surface area contributed by atoms with Crippen LogP contribution in [-0.2, 0) is 28.7 Å². The number of piperidine rings is 1. The second-order valence-corrected chi connectivity index (χ2v) is 11.2. The smallest absolute Gasteiger partial charge is 0.433 e. The van der Waals surface area contributed by atoms with Gasteiger partial charge in [-0.05, 0) is 27.2 Å². The monoisotopic (exact) mass is 571 g/mol. The van der Waals surface area contributed by atoms with Crippen molar-refractivity contribution in [3.05, 3.63) is 41.0 Å². The number of likely N-dealkylation sites (tertiary alicyclic amines) is 1. The minimum Gasteiger partial charge on any atom is -0.465 e. The van der Waals surface area contributed by atoms with Crippen molar-refractivity contribution < 1.29 is 41.4 Å². The van der Waals surface area contributed by atoms with Gasteiger partial charge >= 0.3 is 12.3 Å². The molecule has 1 saturated heterocycles. The number of allylic oxidation sites excluding steroid dienone is 4. The van der Waals surface area contributed by atoms with Crippen molar-refractivity contribution in [2.24, 2.45) is 0 Å². The summed E-state index contributed by atoms with van der Waals surface area (Å²) in [5, 5.41) is 9.96. The Bertz CT molecular complexity index is 1270. The van der Waals surface area contributed by atoms with Gasteiger partial charge in [0.05, 0.1) is 24.8 Å². The maximum atomic E-state index is 14.1. The SMILES string of the molecule is CC(C)(C)N(C(=O)O)[C@@H](CC(=O)N1CCc2c(nc(C3=CC=C3)nc2C(F)(F)F)C1)CN1CC(F)(F)CCC1=O. The van der Waals surface area contributed by atoms with Crippen LogP contribution >= 0.6 is 0 Å². The van der Waals surface area contributed by atoms with Crippen LogP contribution in [0, 0.1) is 0 Å². The zero-order valence-corrected chi connectivity index (χ0v) is 22.3. The van der Waals surface area contributed by atoms with Gasteiger partial charge in [0.15, 0.2) is 11.5 Å². The molecular formula is C26H30F5N5O4. The standard InChI is InChI=1S/C26H30F5N5O4/c1-24(2,3)36(23(39)40)16(12-35-14-25(27,28)9-7-19(35)37)11-20(38)34-10-8-17-18(13-34)32-22(15-5-4-6-15)33-21(17)26(29,30)31/h4-6,16H,7-14H2,1-3H3,(H,39,40)/t16-/m0/s1. The normalized spacial score (nSPS) is 19.5. The Labute approximate surface area is 227 Å². The highest BCUT2D eigenvalue weighted by Gasteiger charge is 2.44. The van der Waals surface area contributed by atoms with E-state index >= 15 is 0 Å². The van der Waals surface area contributed by atoms with E-state index in [1.165, 1.54) is 4.90 Å². The molecule has 40 heavy (non-hydrogen) atoms. The molecule has 1 N–H and O–H groups in total. The van der Waals surface area contributed by atoms with E-state index in [0.29, 0.717) is 5.57 Å². The number of hydrogen-bond donors (Lipinski definition) is 1. The van der Waals surface area contributed by atoms with E-state index in [2.05, 4.69) is 9.97 Å². The summed E-state index contributed by atoms with van der Waals surface area (Å²) < 4.78 is 69.6. The average Bonchev–Trinajstić information content (AvgIpc) is 2.77. The lowest BCUT2D eigenvalue weighted by Crippen LogP contribution is -2.58. The lowest BCUT2D eigenvalue weighted by Gasteiger charge is -2.43. The summed E-state index contributed by atoms with van der Waals surface area (Å²) in [5.41, 5.74) is -1.77. The van der Waals surface area contributed by atoms with Crippen LogP contribution in [-0.4, -0.2) is 84.8 Å². The fourth-order valence-electron chi connectivity index (χ4n) is 5.22. The fourth-order valence-corrected chi connectivity index (χ4v) is 5.22. The quantitative estimate of drug-likeness (QED) is 0.515. The first-order valence-corrected chi connectivity index (χ1v) is 12.8. The summed E-state index contributed by atoms with van der Waals surface area (Å²) in [7, 11) is 0. The molecule has 4 rings (SSSR count). The minimum atomic E-state index is -4.73. The molecule has 0 aromatic carbocycles. The second kappa shape index (κ2) is 10.4. The predicted molar refractivity (Wildman–Crippen MR) is 132 cm³/mol. The van der Waals surface area contributed by atoms with Crippen LogP contribution in [0.15, 0.2) is 18.2 Å². The Morgan fingerprint density at radius 1 is 1.18 bits per heavy atom. The number of carbonyl (C=O) groups excluding carboxylic acids is 2. The number of hydrogen-bond acceptors (Lipinski definition) is 5. The first kappa shape index (κ1) is 29.4. The Balaban J connectivity index is 1.60. The number of amides is 3. The summed E-state index contributed by atoms with van der Waals surface area (Å²) >= 11 is 0. The van der Waals surface area contributed by atoms with E-state index in [1.54, 1.807) is 39.0 Å². The molecule has 1 aromatic rings. The van der Waals surface area contributed by atoms with Gasteiger partial charge in [0.1, 0.15) is 0 Å². The van der Waals surface area contributed by atoms with Gasteiger partial charge in [0.25, 0.3) is 5.92 Å². The number of alkyl halides is 5. The molecule has 0 spiro atoms. The highest BCUT2D eigenvalue weighted by molar-refractivity contribution is 5.80. The van der Waals surface area contributed by atoms with Crippen LogP contribution in [0.25, 0.3) is 5.57 Å². The number of carbonyl (C=O) groups is 3. The van der Waals surface area contributed by atoms with Gasteiger partial charge in [0.2, 0.25) is 11.8 Å². The lowest BCUT2D eigenvalue weighted by atomic mass is 9.97. The molecule has 14 heteroatoms. The van der Waals surface area contributed by atoms with Gasteiger partial charge in [0, 0.05) is 49.0 Å². The number of aromatic nitrogens is 2. The number of halogens is 5. The molecule has 3 aliphatic rings. The molecule has 1 aromatic heterocycles. The lowest BCUT2D eigenvalue weighted by molar-refractivity contribution is -0.149. The maximum absolute atomic E-state index is 14.1. The van der Waals surface area contributed by atoms with Crippen molar-refractivity contribution >= 4 is 23.5 Å². The van der Waals surface area contributed by atoms with Gasteiger partial charge in [-0.15, -0.1) is 0 Å². The van der Waals surface area contributed by atoms with Crippen molar-refractivity contribution in [1.29, 1.82) is 0 Å². The molecule has 1 atom stereocenters. The van der Waals surface area contributed by atoms with Crippen molar-refractivity contribution in [2.45, 2.75) is 76.7 Å². The van der Waals surface area contributed by atoms with E-state index in [4.69, 9.17) is 0 Å². The summed E-state index contributed by atoms with van der Waals surface area (Å²) in [6, 6.07) is -1.18. The van der Waals surface area contributed by atoms with Gasteiger partial charge in [-0.2, -0.15) is 13.2 Å². The van der Waals surface area contributed by atoms with E-state index in [1.807, 2.05) is 0 Å². The largest absolute Gasteiger partial charge is 0.465 e. The predicted octanol–water partition coefficient (Wildman–Crippen LogP) is 4.13. The highest BCUT2D eigenvalue weighted by atomic mass is 19.4.